The van der Waals surface area contributed by atoms with Crippen molar-refractivity contribution < 1.29 is 5.11 Å². The van der Waals surface area contributed by atoms with Gasteiger partial charge in [0.2, 0.25) is 5.95 Å². The van der Waals surface area contributed by atoms with E-state index in [1.54, 1.807) is 0 Å². The fraction of sp³-hybridized carbons (Fsp3) is 0.556. The molecule has 0 saturated carbocycles. The first kappa shape index (κ1) is 10.7. The lowest BCUT2D eigenvalue weighted by atomic mass is 10.1. The van der Waals surface area contributed by atoms with Gasteiger partial charge in [-0.1, -0.05) is 6.92 Å². The van der Waals surface area contributed by atoms with E-state index in [4.69, 9.17) is 11.5 Å². The van der Waals surface area contributed by atoms with Crippen LogP contribution in [0.2, 0.25) is 0 Å². The van der Waals surface area contributed by atoms with E-state index in [0.717, 1.165) is 0 Å². The molecule has 0 fully saturated rings. The van der Waals surface area contributed by atoms with Crippen LogP contribution in [-0.2, 0) is 0 Å². The third-order valence-corrected chi connectivity index (χ3v) is 2.66. The summed E-state index contributed by atoms with van der Waals surface area (Å²) in [4.78, 5) is 7.89. The summed E-state index contributed by atoms with van der Waals surface area (Å²) in [6.07, 6.45) is 0.238. The van der Waals surface area contributed by atoms with Crippen molar-refractivity contribution in [1.82, 2.24) is 9.97 Å². The fourth-order valence-electron chi connectivity index (χ4n) is 1.73. The Morgan fingerprint density at radius 1 is 1.50 bits per heavy atom. The van der Waals surface area contributed by atoms with E-state index in [2.05, 4.69) is 20.6 Å². The first-order valence-corrected chi connectivity index (χ1v) is 5.23. The van der Waals surface area contributed by atoms with E-state index < -0.39 is 6.10 Å². The predicted octanol–water partition coefficient (Wildman–Crippen LogP) is -0.382. The zero-order valence-corrected chi connectivity index (χ0v) is 9.07. The second-order valence-electron chi connectivity index (χ2n) is 3.80. The van der Waals surface area contributed by atoms with Crippen molar-refractivity contribution in [2.24, 2.45) is 0 Å². The van der Waals surface area contributed by atoms with Crippen molar-refractivity contribution in [3.63, 3.8) is 0 Å². The second-order valence-corrected chi connectivity index (χ2v) is 3.80. The average molecular weight is 224 g/mol. The molecule has 1 aromatic heterocycles. The molecule has 2 rings (SSSR count). The smallest absolute Gasteiger partial charge is 0.224 e. The number of anilines is 4. The van der Waals surface area contributed by atoms with Gasteiger partial charge in [-0.2, -0.15) is 9.97 Å². The van der Waals surface area contributed by atoms with E-state index in [9.17, 15) is 5.11 Å². The van der Waals surface area contributed by atoms with Crippen molar-refractivity contribution in [3.8, 4) is 0 Å². The van der Waals surface area contributed by atoms with Gasteiger partial charge in [-0.05, 0) is 6.42 Å². The van der Waals surface area contributed by atoms with Crippen LogP contribution in [0.5, 0.6) is 0 Å². The molecule has 0 saturated heterocycles. The Balaban J connectivity index is 2.26. The maximum Gasteiger partial charge on any atom is 0.224 e. The molecule has 0 amide bonds. The lowest BCUT2D eigenvalue weighted by molar-refractivity contribution is 0.151. The highest BCUT2D eigenvalue weighted by molar-refractivity contribution is 5.78. The third kappa shape index (κ3) is 1.81. The lowest BCUT2D eigenvalue weighted by Crippen LogP contribution is -2.42. The average Bonchev–Trinajstić information content (AvgIpc) is 2.27. The fourth-order valence-corrected chi connectivity index (χ4v) is 1.73. The molecule has 2 unspecified atom stereocenters. The van der Waals surface area contributed by atoms with Gasteiger partial charge >= 0.3 is 0 Å². The minimum Gasteiger partial charge on any atom is -0.391 e. The Bertz CT molecular complexity index is 396. The molecule has 2 atom stereocenters. The predicted molar refractivity (Wildman–Crippen MR) is 63.1 cm³/mol. The van der Waals surface area contributed by atoms with Gasteiger partial charge in [0.1, 0.15) is 5.69 Å². The zero-order valence-electron chi connectivity index (χ0n) is 9.07. The Morgan fingerprint density at radius 3 is 2.94 bits per heavy atom. The van der Waals surface area contributed by atoms with E-state index in [1.165, 1.54) is 0 Å². The van der Waals surface area contributed by atoms with Gasteiger partial charge in [0, 0.05) is 6.54 Å². The topological polar surface area (TPSA) is 122 Å². The van der Waals surface area contributed by atoms with Crippen LogP contribution in [-0.4, -0.2) is 33.8 Å². The molecule has 7 nitrogen and oxygen atoms in total. The molecular formula is C9H16N6O. The zero-order chi connectivity index (χ0) is 11.7. The second kappa shape index (κ2) is 4.01. The normalized spacial score (nSPS) is 20.5. The number of aliphatic hydroxyl groups is 1. The number of aromatic nitrogens is 2. The van der Waals surface area contributed by atoms with Crippen LogP contribution in [0, 0.1) is 0 Å². The van der Waals surface area contributed by atoms with E-state index in [0.29, 0.717) is 30.3 Å². The summed E-state index contributed by atoms with van der Waals surface area (Å²) >= 11 is 0. The number of nitrogens with two attached hydrogens (primary N) is 2. The van der Waals surface area contributed by atoms with E-state index in [-0.39, 0.29) is 12.0 Å². The first-order chi connectivity index (χ1) is 7.61. The lowest BCUT2D eigenvalue weighted by Gasteiger charge is -2.30. The van der Waals surface area contributed by atoms with E-state index in [1.807, 2.05) is 6.92 Å². The molecule has 0 aromatic carbocycles. The van der Waals surface area contributed by atoms with E-state index >= 15 is 0 Å². The Labute approximate surface area is 93.3 Å². The van der Waals surface area contributed by atoms with Gasteiger partial charge < -0.3 is 27.2 Å². The largest absolute Gasteiger partial charge is 0.391 e. The molecule has 7 N–H and O–H groups in total. The highest BCUT2D eigenvalue weighted by Crippen LogP contribution is 2.30. The summed E-state index contributed by atoms with van der Waals surface area (Å²) in [7, 11) is 0. The highest BCUT2D eigenvalue weighted by Gasteiger charge is 2.25. The summed E-state index contributed by atoms with van der Waals surface area (Å²) in [5, 5.41) is 15.9. The molecule has 2 heterocycles. The molecule has 0 aliphatic carbocycles. The standard InChI is InChI=1S/C9H16N6O/c1-2-5(16)4-3-12-8-6(13-4)7(10)14-9(11)15-8/h4-5,13,16H,2-3H2,1H3,(H5,10,11,12,14,15). The van der Waals surface area contributed by atoms with Crippen molar-refractivity contribution in [1.29, 1.82) is 0 Å². The monoisotopic (exact) mass is 224 g/mol. The number of aliphatic hydroxyl groups excluding tert-OH is 1. The van der Waals surface area contributed by atoms with Crippen LogP contribution < -0.4 is 22.1 Å². The SMILES string of the molecule is CCC(O)C1CNc2nc(N)nc(N)c2N1. The molecule has 1 aromatic rings. The van der Waals surface area contributed by atoms with Crippen LogP contribution in [0.1, 0.15) is 13.3 Å². The Morgan fingerprint density at radius 2 is 2.25 bits per heavy atom. The maximum absolute atomic E-state index is 9.74. The number of nitrogen functional groups attached to an aromatic ring is 2. The highest BCUT2D eigenvalue weighted by atomic mass is 16.3. The van der Waals surface area contributed by atoms with Crippen LogP contribution in [0.3, 0.4) is 0 Å². The number of nitrogens with zero attached hydrogens (tertiary/aromatic N) is 2. The van der Waals surface area contributed by atoms with Crippen molar-refractivity contribution in [2.45, 2.75) is 25.5 Å². The number of rotatable bonds is 2. The van der Waals surface area contributed by atoms with Crippen LogP contribution >= 0.6 is 0 Å². The van der Waals surface area contributed by atoms with Crippen molar-refractivity contribution in [3.05, 3.63) is 0 Å². The molecule has 16 heavy (non-hydrogen) atoms. The first-order valence-electron chi connectivity index (χ1n) is 5.23. The van der Waals surface area contributed by atoms with Crippen LogP contribution in [0.4, 0.5) is 23.3 Å². The minimum atomic E-state index is -0.433. The van der Waals surface area contributed by atoms with Crippen molar-refractivity contribution in [2.75, 3.05) is 28.6 Å². The molecule has 0 bridgehead atoms. The number of fused-ring (bicyclic) bond motifs is 1. The van der Waals surface area contributed by atoms with Gasteiger partial charge in [0.15, 0.2) is 11.6 Å². The van der Waals surface area contributed by atoms with Crippen LogP contribution in [0.15, 0.2) is 0 Å². The minimum absolute atomic E-state index is 0.0907. The van der Waals surface area contributed by atoms with Gasteiger partial charge in [-0.3, -0.25) is 0 Å². The summed E-state index contributed by atoms with van der Waals surface area (Å²) in [6.45, 7) is 2.50. The van der Waals surface area contributed by atoms with Gasteiger partial charge in [0.25, 0.3) is 0 Å². The molecule has 88 valence electrons. The summed E-state index contributed by atoms with van der Waals surface area (Å²) in [5.41, 5.74) is 11.8. The van der Waals surface area contributed by atoms with Crippen molar-refractivity contribution >= 4 is 23.3 Å². The maximum atomic E-state index is 9.74. The quantitative estimate of drug-likeness (QED) is 0.464. The van der Waals surface area contributed by atoms with Gasteiger partial charge in [-0.15, -0.1) is 0 Å². The molecule has 1 aliphatic heterocycles. The molecule has 0 spiro atoms. The molecule has 1 aliphatic rings. The Hall–Kier alpha value is -1.76. The van der Waals surface area contributed by atoms with Gasteiger partial charge in [0.05, 0.1) is 12.1 Å². The number of nitrogens with one attached hydrogen (secondary N) is 2. The van der Waals surface area contributed by atoms with Crippen LogP contribution in [0.25, 0.3) is 0 Å². The van der Waals surface area contributed by atoms with Gasteiger partial charge in [-0.25, -0.2) is 0 Å². The number of hydrogen-bond acceptors (Lipinski definition) is 7. The summed E-state index contributed by atoms with van der Waals surface area (Å²) in [6, 6.07) is -0.0907. The molecular weight excluding hydrogens is 208 g/mol. The molecule has 7 heteroatoms. The third-order valence-electron chi connectivity index (χ3n) is 2.66. The molecule has 0 radical (unpaired) electrons. The Kier molecular flexibility index (Phi) is 2.69. The summed E-state index contributed by atoms with van der Waals surface area (Å²) < 4.78 is 0. The summed E-state index contributed by atoms with van der Waals surface area (Å²) in [5.74, 6) is 1.02. The number of hydrogen-bond donors (Lipinski definition) is 5.